The Balaban J connectivity index is 4.64. The maximum Gasteiger partial charge on any atom is -0.0282 e. The molecule has 0 aliphatic carbocycles. The Morgan fingerprint density at radius 2 is 1.00 bits per heavy atom. The van der Waals surface area contributed by atoms with Crippen molar-refractivity contribution in [2.45, 2.75) is 79.1 Å². The van der Waals surface area contributed by atoms with Crippen molar-refractivity contribution in [2.24, 2.45) is 0 Å². The number of allylic oxidation sites excluding steroid dienone is 4. The van der Waals surface area contributed by atoms with Gasteiger partial charge in [0.1, 0.15) is 0 Å². The molecule has 0 amide bonds. The van der Waals surface area contributed by atoms with Crippen molar-refractivity contribution in [1.29, 1.82) is 0 Å². The van der Waals surface area contributed by atoms with Crippen LogP contribution in [0.3, 0.4) is 0 Å². The van der Waals surface area contributed by atoms with Gasteiger partial charge in [0.05, 0.1) is 0 Å². The van der Waals surface area contributed by atoms with Crippen LogP contribution in [0.4, 0.5) is 0 Å². The summed E-state index contributed by atoms with van der Waals surface area (Å²) in [6, 6.07) is 0. The summed E-state index contributed by atoms with van der Waals surface area (Å²) in [6.45, 7) is 9.08. The maximum atomic E-state index is 2.47. The van der Waals surface area contributed by atoms with E-state index in [4.69, 9.17) is 0 Å². The maximum absolute atomic E-state index is 2.47. The third kappa shape index (κ3) is 6.87. The molecule has 0 saturated carbocycles. The Morgan fingerprint density at radius 3 is 1.25 bits per heavy atom. The lowest BCUT2D eigenvalue weighted by Crippen LogP contribution is -1.91. The molecule has 0 fully saturated rings. The Labute approximate surface area is 103 Å². The van der Waals surface area contributed by atoms with Crippen LogP contribution >= 0.6 is 0 Å². The van der Waals surface area contributed by atoms with Crippen LogP contribution in [0.5, 0.6) is 0 Å². The largest absolute Gasteiger partial charge is 0.0811 e. The molecule has 0 atom stereocenters. The van der Waals surface area contributed by atoms with Gasteiger partial charge in [0, 0.05) is 0 Å². The van der Waals surface area contributed by atoms with E-state index in [-0.39, 0.29) is 0 Å². The Morgan fingerprint density at radius 1 is 0.625 bits per heavy atom. The van der Waals surface area contributed by atoms with Gasteiger partial charge in [-0.2, -0.15) is 0 Å². The van der Waals surface area contributed by atoms with Gasteiger partial charge in [-0.3, -0.25) is 0 Å². The second-order valence-electron chi connectivity index (χ2n) is 4.54. The quantitative estimate of drug-likeness (QED) is 0.417. The minimum absolute atomic E-state index is 1.24. The molecular formula is C16H30. The lowest BCUT2D eigenvalue weighted by molar-refractivity contribution is 0.825. The molecule has 0 aromatic carbocycles. The van der Waals surface area contributed by atoms with Crippen LogP contribution in [0.1, 0.15) is 79.1 Å². The fraction of sp³-hybridized carbons (Fsp3) is 0.750. The molecule has 0 bridgehead atoms. The van der Waals surface area contributed by atoms with Crippen LogP contribution in [0.25, 0.3) is 0 Å². The summed E-state index contributed by atoms with van der Waals surface area (Å²) in [5.41, 5.74) is 3.25. The van der Waals surface area contributed by atoms with Crippen LogP contribution in [-0.4, -0.2) is 0 Å². The van der Waals surface area contributed by atoms with E-state index in [1.54, 1.807) is 11.1 Å². The zero-order chi connectivity index (χ0) is 12.2. The topological polar surface area (TPSA) is 0 Å². The minimum atomic E-state index is 1.24. The molecule has 0 aliphatic heterocycles. The van der Waals surface area contributed by atoms with Gasteiger partial charge in [0.2, 0.25) is 0 Å². The number of unbranched alkanes of at least 4 members (excludes halogenated alkanes) is 2. The smallest absolute Gasteiger partial charge is 0.0282 e. The van der Waals surface area contributed by atoms with Crippen LogP contribution < -0.4 is 0 Å². The van der Waals surface area contributed by atoms with Gasteiger partial charge in [0.25, 0.3) is 0 Å². The SMILES string of the molecule is CCCC=C(CCC)/C(=C/CCC)CCC. The zero-order valence-corrected chi connectivity index (χ0v) is 11.8. The van der Waals surface area contributed by atoms with E-state index in [9.17, 15) is 0 Å². The second-order valence-corrected chi connectivity index (χ2v) is 4.54. The summed E-state index contributed by atoms with van der Waals surface area (Å²) < 4.78 is 0. The van der Waals surface area contributed by atoms with Crippen LogP contribution in [-0.2, 0) is 0 Å². The van der Waals surface area contributed by atoms with Crippen molar-refractivity contribution < 1.29 is 0 Å². The zero-order valence-electron chi connectivity index (χ0n) is 11.8. The van der Waals surface area contributed by atoms with E-state index in [0.717, 1.165) is 0 Å². The summed E-state index contributed by atoms with van der Waals surface area (Å²) in [4.78, 5) is 0. The standard InChI is InChI=1S/C16H30/c1-5-9-13-15(11-7-3)16(12-8-4)14-10-6-2/h13-14H,5-12H2,1-4H3/b15-13+,16-14?. The van der Waals surface area contributed by atoms with Crippen molar-refractivity contribution in [3.05, 3.63) is 23.3 Å². The molecule has 0 radical (unpaired) electrons. The fourth-order valence-corrected chi connectivity index (χ4v) is 1.96. The molecule has 16 heavy (non-hydrogen) atoms. The van der Waals surface area contributed by atoms with Gasteiger partial charge >= 0.3 is 0 Å². The predicted molar refractivity (Wildman–Crippen MR) is 75.8 cm³/mol. The number of hydrogen-bond acceptors (Lipinski definition) is 0. The Bertz CT molecular complexity index is 184. The van der Waals surface area contributed by atoms with E-state index >= 15 is 0 Å². The second kappa shape index (κ2) is 11.0. The highest BCUT2D eigenvalue weighted by molar-refractivity contribution is 5.30. The number of rotatable bonds is 9. The molecule has 0 heteroatoms. The average molecular weight is 222 g/mol. The number of hydrogen-bond donors (Lipinski definition) is 0. The molecule has 94 valence electrons. The molecule has 0 aromatic rings. The highest BCUT2D eigenvalue weighted by Gasteiger charge is 2.02. The van der Waals surface area contributed by atoms with Gasteiger partial charge in [-0.05, 0) is 36.8 Å². The molecule has 0 aliphatic rings. The first kappa shape index (κ1) is 15.5. The molecule has 0 N–H and O–H groups in total. The lowest BCUT2D eigenvalue weighted by Gasteiger charge is -2.11. The van der Waals surface area contributed by atoms with Crippen molar-refractivity contribution in [1.82, 2.24) is 0 Å². The summed E-state index contributed by atoms with van der Waals surface area (Å²) in [6.07, 6.45) is 15.0. The molecule has 0 rings (SSSR count). The molecule has 0 nitrogen and oxygen atoms in total. The Hall–Kier alpha value is -0.520. The van der Waals surface area contributed by atoms with Crippen LogP contribution in [0, 0.1) is 0 Å². The van der Waals surface area contributed by atoms with Gasteiger partial charge in [0.15, 0.2) is 0 Å². The van der Waals surface area contributed by atoms with Crippen molar-refractivity contribution in [3.8, 4) is 0 Å². The summed E-state index contributed by atoms with van der Waals surface area (Å²) >= 11 is 0. The van der Waals surface area contributed by atoms with Crippen LogP contribution in [0.2, 0.25) is 0 Å². The molecular weight excluding hydrogens is 192 g/mol. The molecule has 0 aromatic heterocycles. The van der Waals surface area contributed by atoms with Crippen molar-refractivity contribution in [3.63, 3.8) is 0 Å². The van der Waals surface area contributed by atoms with Gasteiger partial charge in [-0.1, -0.05) is 65.5 Å². The minimum Gasteiger partial charge on any atom is -0.0811 e. The molecule has 0 saturated heterocycles. The van der Waals surface area contributed by atoms with Gasteiger partial charge in [-0.15, -0.1) is 0 Å². The highest BCUT2D eigenvalue weighted by Crippen LogP contribution is 2.22. The van der Waals surface area contributed by atoms with E-state index in [1.807, 2.05) is 0 Å². The van der Waals surface area contributed by atoms with Gasteiger partial charge < -0.3 is 0 Å². The van der Waals surface area contributed by atoms with Crippen molar-refractivity contribution in [2.75, 3.05) is 0 Å². The predicted octanol–water partition coefficient (Wildman–Crippen LogP) is 6.04. The van der Waals surface area contributed by atoms with Crippen LogP contribution in [0.15, 0.2) is 23.3 Å². The summed E-state index contributed by atoms with van der Waals surface area (Å²) in [7, 11) is 0. The lowest BCUT2D eigenvalue weighted by atomic mass is 9.95. The first-order chi connectivity index (χ1) is 7.79. The van der Waals surface area contributed by atoms with Crippen molar-refractivity contribution >= 4 is 0 Å². The van der Waals surface area contributed by atoms with E-state index in [0.29, 0.717) is 0 Å². The van der Waals surface area contributed by atoms with E-state index < -0.39 is 0 Å². The molecule has 0 spiro atoms. The normalized spacial score (nSPS) is 13.2. The van der Waals surface area contributed by atoms with Gasteiger partial charge in [-0.25, -0.2) is 0 Å². The first-order valence-corrected chi connectivity index (χ1v) is 7.18. The summed E-state index contributed by atoms with van der Waals surface area (Å²) in [5, 5.41) is 0. The van der Waals surface area contributed by atoms with E-state index in [2.05, 4.69) is 39.8 Å². The molecule has 0 heterocycles. The average Bonchev–Trinajstić information content (AvgIpc) is 2.30. The van der Waals surface area contributed by atoms with E-state index in [1.165, 1.54) is 51.4 Å². The monoisotopic (exact) mass is 222 g/mol. The third-order valence-corrected chi connectivity index (χ3v) is 2.81. The highest BCUT2D eigenvalue weighted by atomic mass is 14.1. The third-order valence-electron chi connectivity index (χ3n) is 2.81. The fourth-order valence-electron chi connectivity index (χ4n) is 1.96. The Kier molecular flexibility index (Phi) is 10.6. The summed E-state index contributed by atoms with van der Waals surface area (Å²) in [5.74, 6) is 0. The first-order valence-electron chi connectivity index (χ1n) is 7.18. The molecule has 0 unspecified atom stereocenters.